The number of carboxylic acids is 1. The van der Waals surface area contributed by atoms with Gasteiger partial charge in [-0.3, -0.25) is 0 Å². The lowest BCUT2D eigenvalue weighted by molar-refractivity contribution is -0.305. The molecule has 0 saturated carbocycles. The summed E-state index contributed by atoms with van der Waals surface area (Å²) in [5, 5.41) is 19.7. The van der Waals surface area contributed by atoms with Gasteiger partial charge < -0.3 is 19.6 Å². The van der Waals surface area contributed by atoms with Crippen LogP contribution in [0.25, 0.3) is 11.0 Å². The Bertz CT molecular complexity index is 545. The van der Waals surface area contributed by atoms with Gasteiger partial charge in [-0.05, 0) is 19.1 Å². The van der Waals surface area contributed by atoms with Crippen LogP contribution in [0.1, 0.15) is 12.2 Å². The van der Waals surface area contributed by atoms with Crippen molar-refractivity contribution < 1.29 is 15.0 Å². The minimum absolute atomic E-state index is 0.0484. The maximum Gasteiger partial charge on any atom is 0.117 e. The quantitative estimate of drug-likeness (QED) is 0.799. The van der Waals surface area contributed by atoms with Gasteiger partial charge in [0.2, 0.25) is 0 Å². The van der Waals surface area contributed by atoms with Crippen molar-refractivity contribution in [1.29, 1.82) is 0 Å². The van der Waals surface area contributed by atoms with E-state index in [2.05, 4.69) is 4.98 Å². The van der Waals surface area contributed by atoms with E-state index in [1.165, 1.54) is 0 Å². The van der Waals surface area contributed by atoms with Crippen LogP contribution in [0.15, 0.2) is 18.2 Å². The Morgan fingerprint density at radius 3 is 3.00 bits per heavy atom. The number of nitrogens with zero attached hydrogens (tertiary/aromatic N) is 2. The molecule has 16 heavy (non-hydrogen) atoms. The predicted octanol–water partition coefficient (Wildman–Crippen LogP) is 0.190. The topological polar surface area (TPSA) is 78.2 Å². The smallest absolute Gasteiger partial charge is 0.117 e. The Morgan fingerprint density at radius 1 is 1.56 bits per heavy atom. The van der Waals surface area contributed by atoms with E-state index in [1.807, 2.05) is 0 Å². The highest BCUT2D eigenvalue weighted by Crippen LogP contribution is 2.20. The van der Waals surface area contributed by atoms with Crippen molar-refractivity contribution in [3.05, 3.63) is 24.0 Å². The van der Waals surface area contributed by atoms with Crippen LogP contribution in [-0.4, -0.2) is 20.6 Å². The van der Waals surface area contributed by atoms with Crippen LogP contribution in [0.2, 0.25) is 0 Å². The van der Waals surface area contributed by atoms with Crippen LogP contribution in [0, 0.1) is 6.92 Å². The summed E-state index contributed by atoms with van der Waals surface area (Å²) in [5.41, 5.74) is 1.48. The molecule has 2 rings (SSSR count). The highest BCUT2D eigenvalue weighted by atomic mass is 16.4. The van der Waals surface area contributed by atoms with Crippen LogP contribution in [0.3, 0.4) is 0 Å². The summed E-state index contributed by atoms with van der Waals surface area (Å²) in [6.07, 6.45) is -0.0484. The van der Waals surface area contributed by atoms with E-state index in [4.69, 9.17) is 0 Å². The third-order valence-electron chi connectivity index (χ3n) is 2.46. The van der Waals surface area contributed by atoms with Gasteiger partial charge >= 0.3 is 0 Å². The summed E-state index contributed by atoms with van der Waals surface area (Å²) in [4.78, 5) is 14.7. The van der Waals surface area contributed by atoms with E-state index in [1.54, 1.807) is 29.7 Å². The SMILES string of the molecule is Cc1nc2cc(O)ccc2n1CCC(=O)[O-]. The van der Waals surface area contributed by atoms with E-state index in [0.29, 0.717) is 12.1 Å². The van der Waals surface area contributed by atoms with Crippen LogP contribution in [0.5, 0.6) is 5.75 Å². The Morgan fingerprint density at radius 2 is 2.31 bits per heavy atom. The number of carboxylic acid groups (broad SMARTS) is 1. The molecule has 0 aliphatic heterocycles. The number of rotatable bonds is 3. The molecular weight excluding hydrogens is 208 g/mol. The van der Waals surface area contributed by atoms with Gasteiger partial charge in [-0.2, -0.15) is 0 Å². The number of aliphatic carboxylic acids is 1. The second-order valence-electron chi connectivity index (χ2n) is 3.61. The fourth-order valence-corrected chi connectivity index (χ4v) is 1.72. The molecule has 0 bridgehead atoms. The normalized spacial score (nSPS) is 10.8. The molecule has 0 atom stereocenters. The van der Waals surface area contributed by atoms with Gasteiger partial charge in [0.05, 0.1) is 11.0 Å². The fourth-order valence-electron chi connectivity index (χ4n) is 1.72. The molecule has 1 aromatic heterocycles. The molecule has 0 spiro atoms. The molecule has 0 unspecified atom stereocenters. The lowest BCUT2D eigenvalue weighted by Gasteiger charge is -2.07. The minimum atomic E-state index is -1.08. The standard InChI is InChI=1S/C11H12N2O3/c1-7-12-9-6-8(14)2-3-10(9)13(7)5-4-11(15)16/h2-3,6,14H,4-5H2,1H3,(H,15,16)/p-1. The van der Waals surface area contributed by atoms with Crippen LogP contribution >= 0.6 is 0 Å². The molecule has 0 aliphatic carbocycles. The van der Waals surface area contributed by atoms with Crippen molar-refractivity contribution in [3.8, 4) is 5.75 Å². The number of aromatic hydroxyl groups is 1. The average molecular weight is 219 g/mol. The van der Waals surface area contributed by atoms with Gasteiger partial charge in [-0.15, -0.1) is 0 Å². The number of phenolic OH excluding ortho intramolecular Hbond substituents is 1. The average Bonchev–Trinajstić information content (AvgIpc) is 2.50. The van der Waals surface area contributed by atoms with E-state index >= 15 is 0 Å². The Hall–Kier alpha value is -2.04. The first-order chi connectivity index (χ1) is 7.58. The number of aromatic nitrogens is 2. The Kier molecular flexibility index (Phi) is 2.52. The molecule has 0 fully saturated rings. The molecule has 0 amide bonds. The van der Waals surface area contributed by atoms with Crippen LogP contribution in [-0.2, 0) is 11.3 Å². The summed E-state index contributed by atoms with van der Waals surface area (Å²) in [5.74, 6) is -0.209. The molecule has 1 N–H and O–H groups in total. The van der Waals surface area contributed by atoms with E-state index in [9.17, 15) is 15.0 Å². The molecule has 1 aromatic carbocycles. The van der Waals surface area contributed by atoms with Crippen molar-refractivity contribution >= 4 is 17.0 Å². The summed E-state index contributed by atoms with van der Waals surface area (Å²) in [6, 6.07) is 4.83. The van der Waals surface area contributed by atoms with Crippen molar-refractivity contribution in [3.63, 3.8) is 0 Å². The molecule has 5 nitrogen and oxygen atoms in total. The summed E-state index contributed by atoms with van der Waals surface area (Å²) in [7, 11) is 0. The Balaban J connectivity index is 2.43. The fraction of sp³-hybridized carbons (Fsp3) is 0.273. The molecule has 84 valence electrons. The van der Waals surface area contributed by atoms with Crippen molar-refractivity contribution in [2.45, 2.75) is 19.9 Å². The van der Waals surface area contributed by atoms with E-state index in [-0.39, 0.29) is 12.2 Å². The van der Waals surface area contributed by atoms with Gasteiger partial charge in [0, 0.05) is 25.0 Å². The number of benzene rings is 1. The number of aryl methyl sites for hydroxylation is 2. The maximum atomic E-state index is 10.4. The summed E-state index contributed by atoms with van der Waals surface area (Å²) >= 11 is 0. The Labute approximate surface area is 92.0 Å². The molecule has 0 radical (unpaired) electrons. The van der Waals surface area contributed by atoms with Crippen molar-refractivity contribution in [2.75, 3.05) is 0 Å². The van der Waals surface area contributed by atoms with Crippen LogP contribution in [0.4, 0.5) is 0 Å². The zero-order valence-corrected chi connectivity index (χ0v) is 8.80. The van der Waals surface area contributed by atoms with Crippen LogP contribution < -0.4 is 5.11 Å². The number of phenols is 1. The number of hydrogen-bond donors (Lipinski definition) is 1. The van der Waals surface area contributed by atoms with Gasteiger partial charge in [0.15, 0.2) is 0 Å². The van der Waals surface area contributed by atoms with Crippen molar-refractivity contribution in [1.82, 2.24) is 9.55 Å². The molecule has 0 saturated heterocycles. The summed E-state index contributed by atoms with van der Waals surface area (Å²) < 4.78 is 1.80. The maximum absolute atomic E-state index is 10.4. The molecule has 5 heteroatoms. The van der Waals surface area contributed by atoms with Crippen molar-refractivity contribution in [2.24, 2.45) is 0 Å². The van der Waals surface area contributed by atoms with E-state index in [0.717, 1.165) is 11.3 Å². The highest BCUT2D eigenvalue weighted by Gasteiger charge is 2.07. The third-order valence-corrected chi connectivity index (χ3v) is 2.46. The number of fused-ring (bicyclic) bond motifs is 1. The van der Waals surface area contributed by atoms with E-state index < -0.39 is 5.97 Å². The van der Waals surface area contributed by atoms with Gasteiger partial charge in [0.25, 0.3) is 0 Å². The molecule has 2 aromatic rings. The lowest BCUT2D eigenvalue weighted by Crippen LogP contribution is -2.23. The first-order valence-electron chi connectivity index (χ1n) is 4.93. The lowest BCUT2D eigenvalue weighted by atomic mass is 10.3. The molecule has 0 aliphatic rings. The zero-order valence-electron chi connectivity index (χ0n) is 8.80. The number of imidazole rings is 1. The zero-order chi connectivity index (χ0) is 11.7. The second-order valence-corrected chi connectivity index (χ2v) is 3.61. The summed E-state index contributed by atoms with van der Waals surface area (Å²) in [6.45, 7) is 2.13. The highest BCUT2D eigenvalue weighted by molar-refractivity contribution is 5.77. The minimum Gasteiger partial charge on any atom is -0.550 e. The number of hydrogen-bond acceptors (Lipinski definition) is 4. The van der Waals surface area contributed by atoms with Gasteiger partial charge in [-0.25, -0.2) is 4.98 Å². The first kappa shape index (κ1) is 10.5. The number of carbonyl (C=O) groups is 1. The first-order valence-corrected chi connectivity index (χ1v) is 4.93. The molecule has 1 heterocycles. The van der Waals surface area contributed by atoms with Gasteiger partial charge in [-0.1, -0.05) is 0 Å². The third kappa shape index (κ3) is 1.84. The monoisotopic (exact) mass is 219 g/mol. The molecular formula is C11H11N2O3-. The number of carbonyl (C=O) groups excluding carboxylic acids is 1. The second kappa shape index (κ2) is 3.84. The predicted molar refractivity (Wildman–Crippen MR) is 55.8 cm³/mol. The van der Waals surface area contributed by atoms with Gasteiger partial charge in [0.1, 0.15) is 11.6 Å². The largest absolute Gasteiger partial charge is 0.550 e.